The Morgan fingerprint density at radius 3 is 2.23 bits per heavy atom. The number of likely N-dealkylation sites (tertiary alicyclic amines) is 1. The van der Waals surface area contributed by atoms with Crippen LogP contribution in [0.4, 0.5) is 32.0 Å². The van der Waals surface area contributed by atoms with Gasteiger partial charge in [-0.2, -0.15) is 22.0 Å². The van der Waals surface area contributed by atoms with Gasteiger partial charge in [-0.3, -0.25) is 9.47 Å². The van der Waals surface area contributed by atoms with Gasteiger partial charge >= 0.3 is 12.7 Å². The van der Waals surface area contributed by atoms with Crippen LogP contribution in [0, 0.1) is 5.82 Å². The molecule has 4 nitrogen and oxygen atoms in total. The summed E-state index contributed by atoms with van der Waals surface area (Å²) in [7, 11) is 3.53. The molecule has 5 rings (SSSR count). The predicted molar refractivity (Wildman–Crippen MR) is 158 cm³/mol. The second-order valence-corrected chi connectivity index (χ2v) is 11.4. The van der Waals surface area contributed by atoms with E-state index in [-0.39, 0.29) is 37.3 Å². The molecule has 0 saturated carbocycles. The van der Waals surface area contributed by atoms with Gasteiger partial charge in [0.1, 0.15) is 17.7 Å². The largest absolute Gasteiger partial charge is 0.408 e. The number of alkyl halides is 5. The molecule has 0 aliphatic carbocycles. The van der Waals surface area contributed by atoms with Gasteiger partial charge in [0.25, 0.3) is 0 Å². The summed E-state index contributed by atoms with van der Waals surface area (Å²) in [5.74, 6) is -0.577. The van der Waals surface area contributed by atoms with Crippen molar-refractivity contribution in [3.05, 3.63) is 101 Å². The summed E-state index contributed by atoms with van der Waals surface area (Å²) in [6, 6.07) is 15.6. The standard InChI is InChI=1S/C33H34F6N4/c1-20(2)29(22-8-7-9-24(34)18-22)25-13-12-23(19-28(25)41(3)4)30(33(37,38)39)42-16-14-21(15-17-42)31-40-26-10-5-6-11-27(26)43(31)32(35)36/h5-13,18-19,21,30,32H,14-17H2,1-4H3. The fraction of sp³-hybridized carbons (Fsp3) is 0.364. The summed E-state index contributed by atoms with van der Waals surface area (Å²) in [4.78, 5) is 7.59. The number of para-hydroxylation sites is 2. The molecule has 4 aromatic rings. The van der Waals surface area contributed by atoms with E-state index < -0.39 is 30.5 Å². The van der Waals surface area contributed by atoms with Crippen molar-refractivity contribution >= 4 is 22.3 Å². The van der Waals surface area contributed by atoms with Gasteiger partial charge in [-0.1, -0.05) is 42.0 Å². The van der Waals surface area contributed by atoms with Crippen molar-refractivity contribution in [1.82, 2.24) is 14.5 Å². The number of rotatable bonds is 7. The molecule has 0 N–H and O–H groups in total. The van der Waals surface area contributed by atoms with Crippen LogP contribution in [0.1, 0.15) is 67.7 Å². The zero-order valence-electron chi connectivity index (χ0n) is 24.5. The molecule has 1 saturated heterocycles. The highest BCUT2D eigenvalue weighted by Crippen LogP contribution is 2.44. The quantitative estimate of drug-likeness (QED) is 0.198. The van der Waals surface area contributed by atoms with E-state index in [1.807, 2.05) is 13.8 Å². The van der Waals surface area contributed by atoms with E-state index in [1.54, 1.807) is 67.5 Å². The first-order valence-corrected chi connectivity index (χ1v) is 14.2. The fourth-order valence-electron chi connectivity index (χ4n) is 6.24. The number of halogens is 6. The lowest BCUT2D eigenvalue weighted by molar-refractivity contribution is -0.189. The first-order valence-electron chi connectivity index (χ1n) is 14.2. The summed E-state index contributed by atoms with van der Waals surface area (Å²) in [5, 5.41) is 0. The molecule has 1 aliphatic rings. The second-order valence-electron chi connectivity index (χ2n) is 11.4. The van der Waals surface area contributed by atoms with Crippen LogP contribution in [-0.2, 0) is 0 Å². The Morgan fingerprint density at radius 1 is 0.930 bits per heavy atom. The van der Waals surface area contributed by atoms with Crippen molar-refractivity contribution in [2.45, 2.75) is 51.4 Å². The molecule has 0 spiro atoms. The van der Waals surface area contributed by atoms with E-state index in [2.05, 4.69) is 4.98 Å². The third kappa shape index (κ3) is 6.16. The number of hydrogen-bond donors (Lipinski definition) is 0. The third-order valence-corrected chi connectivity index (χ3v) is 8.09. The van der Waals surface area contributed by atoms with Crippen LogP contribution in [0.3, 0.4) is 0 Å². The maximum atomic E-state index is 14.7. The lowest BCUT2D eigenvalue weighted by Crippen LogP contribution is -2.43. The minimum atomic E-state index is -4.57. The zero-order chi connectivity index (χ0) is 31.1. The maximum Gasteiger partial charge on any atom is 0.408 e. The topological polar surface area (TPSA) is 24.3 Å². The number of aromatic nitrogens is 2. The number of anilines is 1. The molecule has 10 heteroatoms. The monoisotopic (exact) mass is 600 g/mol. The van der Waals surface area contributed by atoms with Gasteiger partial charge in [0.2, 0.25) is 0 Å². The van der Waals surface area contributed by atoms with Crippen LogP contribution in [-0.4, -0.2) is 47.8 Å². The van der Waals surface area contributed by atoms with Crippen molar-refractivity contribution in [3.63, 3.8) is 0 Å². The first-order chi connectivity index (χ1) is 20.4. The number of benzene rings is 3. The van der Waals surface area contributed by atoms with Crippen molar-refractivity contribution in [1.29, 1.82) is 0 Å². The molecule has 228 valence electrons. The highest BCUT2D eigenvalue weighted by molar-refractivity contribution is 5.88. The van der Waals surface area contributed by atoms with E-state index in [4.69, 9.17) is 0 Å². The zero-order valence-corrected chi connectivity index (χ0v) is 24.5. The molecule has 1 fully saturated rings. The molecule has 43 heavy (non-hydrogen) atoms. The molecular weight excluding hydrogens is 566 g/mol. The van der Waals surface area contributed by atoms with Gasteiger partial charge in [0, 0.05) is 31.3 Å². The Morgan fingerprint density at radius 2 is 1.63 bits per heavy atom. The average molecular weight is 601 g/mol. The number of nitrogens with zero attached hydrogens (tertiary/aromatic N) is 4. The molecule has 1 atom stereocenters. The van der Waals surface area contributed by atoms with Crippen molar-refractivity contribution < 1.29 is 26.3 Å². The molecule has 1 aromatic heterocycles. The molecular formula is C33H34F6N4. The summed E-state index contributed by atoms with van der Waals surface area (Å²) in [6.45, 7) is 1.12. The van der Waals surface area contributed by atoms with Crippen LogP contribution >= 0.6 is 0 Å². The van der Waals surface area contributed by atoms with Crippen molar-refractivity contribution in [2.24, 2.45) is 0 Å². The van der Waals surface area contributed by atoms with Crippen LogP contribution in [0.5, 0.6) is 0 Å². The Hall–Kier alpha value is -3.79. The molecule has 0 amide bonds. The highest BCUT2D eigenvalue weighted by Gasteiger charge is 2.46. The van der Waals surface area contributed by atoms with Gasteiger partial charge < -0.3 is 4.90 Å². The van der Waals surface area contributed by atoms with Gasteiger partial charge in [-0.25, -0.2) is 9.37 Å². The Kier molecular flexibility index (Phi) is 8.61. The lowest BCUT2D eigenvalue weighted by atomic mass is 9.89. The summed E-state index contributed by atoms with van der Waals surface area (Å²) in [6.07, 6.45) is -4.04. The van der Waals surface area contributed by atoms with Crippen molar-refractivity contribution in [2.75, 3.05) is 32.1 Å². The van der Waals surface area contributed by atoms with E-state index in [9.17, 15) is 26.3 Å². The van der Waals surface area contributed by atoms with E-state index in [1.165, 1.54) is 23.1 Å². The summed E-state index contributed by atoms with van der Waals surface area (Å²) >= 11 is 0. The smallest absolute Gasteiger partial charge is 0.377 e. The molecule has 1 aliphatic heterocycles. The number of piperidine rings is 1. The van der Waals surface area contributed by atoms with E-state index in [0.29, 0.717) is 27.8 Å². The maximum absolute atomic E-state index is 14.7. The summed E-state index contributed by atoms with van der Waals surface area (Å²) < 4.78 is 87.3. The SMILES string of the molecule is CC(C)=C(c1cccc(F)c1)c1ccc(C(N2CCC(c3nc4ccccc4n3C(F)F)CC2)C(F)(F)F)cc1N(C)C. The number of imidazole rings is 1. The van der Waals surface area contributed by atoms with Crippen LogP contribution in [0.15, 0.2) is 72.3 Å². The van der Waals surface area contributed by atoms with Gasteiger partial charge in [-0.05, 0) is 86.8 Å². The minimum Gasteiger partial charge on any atom is -0.377 e. The third-order valence-electron chi connectivity index (χ3n) is 8.09. The Bertz CT molecular complexity index is 1630. The lowest BCUT2D eigenvalue weighted by Gasteiger charge is -2.39. The molecule has 1 unspecified atom stereocenters. The van der Waals surface area contributed by atoms with Gasteiger partial charge in [0.15, 0.2) is 0 Å². The molecule has 3 aromatic carbocycles. The normalized spacial score (nSPS) is 15.7. The Labute approximate surface area is 247 Å². The Balaban J connectivity index is 1.47. The predicted octanol–water partition coefficient (Wildman–Crippen LogP) is 8.96. The van der Waals surface area contributed by atoms with Crippen LogP contribution < -0.4 is 4.90 Å². The number of fused-ring (bicyclic) bond motifs is 1. The number of hydrogen-bond acceptors (Lipinski definition) is 3. The van der Waals surface area contributed by atoms with Crippen LogP contribution in [0.2, 0.25) is 0 Å². The first kappa shape index (κ1) is 30.7. The van der Waals surface area contributed by atoms with E-state index in [0.717, 1.165) is 15.7 Å². The fourth-order valence-corrected chi connectivity index (χ4v) is 6.24. The highest BCUT2D eigenvalue weighted by atomic mass is 19.4. The number of allylic oxidation sites excluding steroid dienone is 1. The van der Waals surface area contributed by atoms with E-state index >= 15 is 0 Å². The van der Waals surface area contributed by atoms with Crippen molar-refractivity contribution in [3.8, 4) is 0 Å². The van der Waals surface area contributed by atoms with Gasteiger partial charge in [-0.15, -0.1) is 0 Å². The summed E-state index contributed by atoms with van der Waals surface area (Å²) in [5.41, 5.74) is 4.40. The minimum absolute atomic E-state index is 0.0723. The van der Waals surface area contributed by atoms with Crippen LogP contribution in [0.25, 0.3) is 16.6 Å². The molecule has 2 heterocycles. The average Bonchev–Trinajstić information content (AvgIpc) is 3.33. The second kappa shape index (κ2) is 12.1. The molecule has 0 bridgehead atoms. The molecule has 0 radical (unpaired) electrons. The van der Waals surface area contributed by atoms with Gasteiger partial charge in [0.05, 0.1) is 11.0 Å².